The van der Waals surface area contributed by atoms with E-state index in [9.17, 15) is 4.79 Å². The predicted molar refractivity (Wildman–Crippen MR) is 68.0 cm³/mol. The highest BCUT2D eigenvalue weighted by Gasteiger charge is 2.94. The van der Waals surface area contributed by atoms with Gasteiger partial charge in [-0.15, -0.1) is 0 Å². The Labute approximate surface area is 124 Å². The number of ketones is 1. The zero-order valence-corrected chi connectivity index (χ0v) is 12.4. The Morgan fingerprint density at radius 2 is 1.60 bits per heavy atom. The summed E-state index contributed by atoms with van der Waals surface area (Å²) in [7, 11) is 0. The van der Waals surface area contributed by atoms with E-state index in [0.717, 1.165) is 6.42 Å². The van der Waals surface area contributed by atoms with E-state index in [1.165, 1.54) is 0 Å². The number of hydrogen-bond acceptors (Lipinski definition) is 5. The highest BCUT2D eigenvalue weighted by atomic mass is 79.9. The summed E-state index contributed by atoms with van der Waals surface area (Å²) in [5.41, 5.74) is 0. The van der Waals surface area contributed by atoms with Crippen molar-refractivity contribution in [2.24, 2.45) is 29.6 Å². The molecule has 4 aliphatic carbocycles. The van der Waals surface area contributed by atoms with Crippen LogP contribution in [0.2, 0.25) is 0 Å². The van der Waals surface area contributed by atoms with Crippen molar-refractivity contribution in [1.82, 2.24) is 0 Å². The molecule has 6 atom stereocenters. The average Bonchev–Trinajstić information content (AvgIpc) is 3.20. The van der Waals surface area contributed by atoms with Gasteiger partial charge < -0.3 is 18.9 Å². The molecule has 2 spiro atoms. The van der Waals surface area contributed by atoms with E-state index >= 15 is 0 Å². The Hall–Kier alpha value is -0.0100. The van der Waals surface area contributed by atoms with Gasteiger partial charge in [-0.05, 0) is 18.3 Å². The Morgan fingerprint density at radius 3 is 2.30 bits per heavy atom. The monoisotopic (exact) mass is 342 g/mol. The molecule has 2 aliphatic heterocycles. The lowest BCUT2D eigenvalue weighted by Crippen LogP contribution is -2.64. The van der Waals surface area contributed by atoms with Crippen LogP contribution in [-0.4, -0.2) is 48.1 Å². The molecule has 6 rings (SSSR count). The van der Waals surface area contributed by atoms with Crippen LogP contribution in [0, 0.1) is 29.6 Å². The zero-order valence-electron chi connectivity index (χ0n) is 10.8. The van der Waals surface area contributed by atoms with Gasteiger partial charge in [0.2, 0.25) is 5.79 Å². The van der Waals surface area contributed by atoms with Crippen molar-refractivity contribution in [2.45, 2.75) is 22.3 Å². The average molecular weight is 343 g/mol. The fourth-order valence-electron chi connectivity index (χ4n) is 6.41. The van der Waals surface area contributed by atoms with Crippen molar-refractivity contribution in [3.8, 4) is 0 Å². The molecule has 0 aromatic carbocycles. The number of rotatable bonds is 0. The molecule has 6 fully saturated rings. The molecule has 0 amide bonds. The normalized spacial score (nSPS) is 59.0. The summed E-state index contributed by atoms with van der Waals surface area (Å²) in [6.07, 6.45) is 0.983. The molecule has 5 nitrogen and oxygen atoms in total. The minimum atomic E-state index is -0.997. The number of ether oxygens (including phenoxy) is 4. The van der Waals surface area contributed by atoms with Crippen molar-refractivity contribution < 1.29 is 23.7 Å². The molecule has 108 valence electrons. The number of alkyl halides is 1. The van der Waals surface area contributed by atoms with Gasteiger partial charge in [-0.2, -0.15) is 0 Å². The summed E-state index contributed by atoms with van der Waals surface area (Å²) in [4.78, 5) is 12.8. The third-order valence-corrected chi connectivity index (χ3v) is 8.38. The summed E-state index contributed by atoms with van der Waals surface area (Å²) in [5.74, 6) is -0.441. The number of carbonyl (C=O) groups excluding carboxylic acids is 1. The Morgan fingerprint density at radius 1 is 0.950 bits per heavy atom. The molecule has 0 aromatic rings. The second-order valence-electron chi connectivity index (χ2n) is 6.89. The zero-order chi connectivity index (χ0) is 13.3. The molecule has 20 heavy (non-hydrogen) atoms. The summed E-state index contributed by atoms with van der Waals surface area (Å²) in [5, 5.41) is 0. The first kappa shape index (κ1) is 11.5. The first-order chi connectivity index (χ1) is 9.67. The SMILES string of the molecule is O=C1C2C3CC4C(C2C3(Br)C42OCCO2)C12OCCO2. The molecule has 6 aliphatic rings. The predicted octanol–water partition coefficient (Wildman–Crippen LogP) is 0.701. The van der Waals surface area contributed by atoms with Crippen molar-refractivity contribution in [2.75, 3.05) is 26.4 Å². The van der Waals surface area contributed by atoms with Crippen LogP contribution in [0.1, 0.15) is 6.42 Å². The first-order valence-electron chi connectivity index (χ1n) is 7.46. The van der Waals surface area contributed by atoms with Crippen molar-refractivity contribution in [3.63, 3.8) is 0 Å². The van der Waals surface area contributed by atoms with Crippen LogP contribution in [0.4, 0.5) is 0 Å². The molecule has 0 aromatic heterocycles. The number of hydrogen-bond donors (Lipinski definition) is 0. The number of halogens is 1. The van der Waals surface area contributed by atoms with Crippen LogP contribution < -0.4 is 0 Å². The lowest BCUT2D eigenvalue weighted by molar-refractivity contribution is -0.224. The van der Waals surface area contributed by atoms with Crippen LogP contribution in [0.25, 0.3) is 0 Å². The van der Waals surface area contributed by atoms with Crippen molar-refractivity contribution in [1.29, 1.82) is 0 Å². The summed E-state index contributed by atoms with van der Waals surface area (Å²) < 4.78 is 23.7. The Balaban J connectivity index is 1.57. The molecule has 2 saturated heterocycles. The number of carbonyl (C=O) groups is 1. The quantitative estimate of drug-likeness (QED) is 0.606. The van der Waals surface area contributed by atoms with Gasteiger partial charge in [0.05, 0.1) is 30.8 Å². The number of Topliss-reactive ketones (excluding diaryl/α,β-unsaturated/α-hetero) is 1. The van der Waals surface area contributed by atoms with Gasteiger partial charge in [0.25, 0.3) is 0 Å². The van der Waals surface area contributed by atoms with E-state index in [4.69, 9.17) is 18.9 Å². The van der Waals surface area contributed by atoms with E-state index in [0.29, 0.717) is 32.3 Å². The van der Waals surface area contributed by atoms with Crippen molar-refractivity contribution in [3.05, 3.63) is 0 Å². The summed E-state index contributed by atoms with van der Waals surface area (Å²) in [6, 6.07) is 0. The first-order valence-corrected chi connectivity index (χ1v) is 8.25. The maximum atomic E-state index is 12.8. The molecule has 0 N–H and O–H groups in total. The van der Waals surface area contributed by atoms with Gasteiger partial charge in [0.15, 0.2) is 11.6 Å². The summed E-state index contributed by atoms with van der Waals surface area (Å²) in [6.45, 7) is 2.32. The van der Waals surface area contributed by atoms with Gasteiger partial charge in [0, 0.05) is 17.8 Å². The van der Waals surface area contributed by atoms with Gasteiger partial charge in [0.1, 0.15) is 0 Å². The van der Waals surface area contributed by atoms with E-state index in [-0.39, 0.29) is 33.8 Å². The molecular formula is C14H15BrO5. The minimum absolute atomic E-state index is 0.0703. The van der Waals surface area contributed by atoms with Crippen LogP contribution in [0.5, 0.6) is 0 Å². The highest BCUT2D eigenvalue weighted by molar-refractivity contribution is 9.10. The molecule has 2 bridgehead atoms. The smallest absolute Gasteiger partial charge is 0.233 e. The maximum Gasteiger partial charge on any atom is 0.233 e. The number of fused-ring (bicyclic) bond motifs is 3. The molecule has 6 heteroatoms. The van der Waals surface area contributed by atoms with E-state index in [1.807, 2.05) is 0 Å². The minimum Gasteiger partial charge on any atom is -0.346 e. The Kier molecular flexibility index (Phi) is 1.75. The van der Waals surface area contributed by atoms with Crippen LogP contribution in [0.3, 0.4) is 0 Å². The second kappa shape index (κ2) is 3.04. The van der Waals surface area contributed by atoms with Crippen LogP contribution in [0.15, 0.2) is 0 Å². The van der Waals surface area contributed by atoms with E-state index in [1.54, 1.807) is 0 Å². The third-order valence-electron chi connectivity index (χ3n) is 6.71. The topological polar surface area (TPSA) is 54.0 Å². The Bertz CT molecular complexity index is 538. The molecule has 6 unspecified atom stereocenters. The molecule has 2 heterocycles. The van der Waals surface area contributed by atoms with E-state index in [2.05, 4.69) is 15.9 Å². The maximum absolute atomic E-state index is 12.8. The van der Waals surface area contributed by atoms with Gasteiger partial charge in [-0.1, -0.05) is 15.9 Å². The largest absolute Gasteiger partial charge is 0.346 e. The lowest BCUT2D eigenvalue weighted by atomic mass is 9.55. The van der Waals surface area contributed by atoms with E-state index < -0.39 is 11.6 Å². The lowest BCUT2D eigenvalue weighted by Gasteiger charge is -2.54. The molecule has 0 radical (unpaired) electrons. The van der Waals surface area contributed by atoms with Gasteiger partial charge >= 0.3 is 0 Å². The third kappa shape index (κ3) is 0.792. The van der Waals surface area contributed by atoms with Gasteiger partial charge in [-0.25, -0.2) is 0 Å². The van der Waals surface area contributed by atoms with Crippen molar-refractivity contribution >= 4 is 21.7 Å². The highest BCUT2D eigenvalue weighted by Crippen LogP contribution is 2.85. The van der Waals surface area contributed by atoms with Crippen LogP contribution >= 0.6 is 15.9 Å². The molecule has 4 saturated carbocycles. The standard InChI is InChI=1S/C14H15BrO5/c15-12-6-5-7(14(12)19-3-4-20-14)9-10(12)8(6)11(16)13(9)17-1-2-18-13/h6-10H,1-5H2. The van der Waals surface area contributed by atoms with Gasteiger partial charge in [-0.3, -0.25) is 4.79 Å². The fourth-order valence-corrected chi connectivity index (χ4v) is 7.98. The molecular weight excluding hydrogens is 328 g/mol. The second-order valence-corrected chi connectivity index (χ2v) is 8.20. The van der Waals surface area contributed by atoms with Crippen LogP contribution in [-0.2, 0) is 23.7 Å². The fraction of sp³-hybridized carbons (Fsp3) is 0.929. The summed E-state index contributed by atoms with van der Waals surface area (Å²) >= 11 is 3.95.